The number of nitrogens with two attached hydrogens (primary N) is 1. The Bertz CT molecular complexity index is 710. The lowest BCUT2D eigenvalue weighted by molar-refractivity contribution is 0.394. The van der Waals surface area contributed by atoms with E-state index in [1.165, 1.54) is 12.5 Å². The minimum Gasteiger partial charge on any atom is -0.497 e. The lowest BCUT2D eigenvalue weighted by Crippen LogP contribution is -2.04. The van der Waals surface area contributed by atoms with Gasteiger partial charge in [0.1, 0.15) is 29.4 Å². The van der Waals surface area contributed by atoms with Crippen LogP contribution in [0.15, 0.2) is 30.7 Å². The Labute approximate surface area is 122 Å². The van der Waals surface area contributed by atoms with Crippen molar-refractivity contribution in [1.82, 2.24) is 9.97 Å². The van der Waals surface area contributed by atoms with Crippen LogP contribution in [0.1, 0.15) is 11.1 Å². The first-order valence-corrected chi connectivity index (χ1v) is 6.03. The summed E-state index contributed by atoms with van der Waals surface area (Å²) >= 11 is 0. The summed E-state index contributed by atoms with van der Waals surface area (Å²) < 4.78 is 10.3. The molecule has 6 heteroatoms. The molecule has 2 aromatic rings. The summed E-state index contributed by atoms with van der Waals surface area (Å²) in [5, 5.41) is 7.92. The van der Waals surface area contributed by atoms with Crippen LogP contribution in [0, 0.1) is 17.3 Å². The molecule has 3 N–H and O–H groups in total. The summed E-state index contributed by atoms with van der Waals surface area (Å²) in [6.07, 6.45) is 2.79. The molecule has 1 heterocycles. The lowest BCUT2D eigenvalue weighted by atomic mass is 10.1. The fourth-order valence-electron chi connectivity index (χ4n) is 1.61. The number of aromatic nitrogens is 2. The number of hydrogen-bond acceptors (Lipinski definition) is 6. The maximum absolute atomic E-state index is 7.92. The second-order valence-corrected chi connectivity index (χ2v) is 4.05. The van der Waals surface area contributed by atoms with E-state index < -0.39 is 0 Å². The number of ether oxygens (including phenoxy) is 2. The van der Waals surface area contributed by atoms with Crippen LogP contribution in [0.3, 0.4) is 0 Å². The van der Waals surface area contributed by atoms with Gasteiger partial charge in [-0.05, 0) is 18.1 Å². The van der Waals surface area contributed by atoms with Gasteiger partial charge in [-0.25, -0.2) is 9.97 Å². The van der Waals surface area contributed by atoms with Crippen LogP contribution < -0.4 is 15.2 Å². The summed E-state index contributed by atoms with van der Waals surface area (Å²) in [6, 6.07) is 5.26. The monoisotopic (exact) mass is 282 g/mol. The summed E-state index contributed by atoms with van der Waals surface area (Å²) in [6.45, 7) is 0. The first kappa shape index (κ1) is 14.3. The smallest absolute Gasteiger partial charge is 0.136 e. The number of benzene rings is 1. The van der Waals surface area contributed by atoms with Gasteiger partial charge in [0.15, 0.2) is 0 Å². The van der Waals surface area contributed by atoms with E-state index in [0.29, 0.717) is 22.6 Å². The summed E-state index contributed by atoms with van der Waals surface area (Å²) in [5.74, 6) is 7.09. The zero-order valence-electron chi connectivity index (χ0n) is 11.7. The second kappa shape index (κ2) is 6.39. The molecule has 6 nitrogen and oxygen atoms in total. The van der Waals surface area contributed by atoms with Crippen LogP contribution in [0.5, 0.6) is 11.5 Å². The minimum atomic E-state index is 0.0508. The van der Waals surface area contributed by atoms with Crippen molar-refractivity contribution in [2.75, 3.05) is 20.0 Å². The van der Waals surface area contributed by atoms with Crippen molar-refractivity contribution in [2.45, 2.75) is 0 Å². The highest BCUT2D eigenvalue weighted by molar-refractivity contribution is 6.13. The molecule has 1 aromatic heterocycles. The highest BCUT2D eigenvalue weighted by atomic mass is 16.5. The predicted octanol–water partition coefficient (Wildman–Crippen LogP) is 1.50. The molecule has 0 atom stereocenters. The Hall–Kier alpha value is -3.07. The van der Waals surface area contributed by atoms with E-state index in [4.69, 9.17) is 20.6 Å². The molecule has 21 heavy (non-hydrogen) atoms. The number of nitrogens with zero attached hydrogens (tertiary/aromatic N) is 2. The Kier molecular flexibility index (Phi) is 4.36. The van der Waals surface area contributed by atoms with Crippen molar-refractivity contribution in [2.24, 2.45) is 0 Å². The average Bonchev–Trinajstić information content (AvgIpc) is 2.52. The first-order valence-electron chi connectivity index (χ1n) is 6.03. The molecule has 0 spiro atoms. The van der Waals surface area contributed by atoms with E-state index in [9.17, 15) is 0 Å². The number of hydrogen-bond donors (Lipinski definition) is 2. The van der Waals surface area contributed by atoms with Crippen molar-refractivity contribution in [3.8, 4) is 23.3 Å². The molecule has 106 valence electrons. The number of methoxy groups -OCH3 is 2. The molecule has 0 aliphatic rings. The van der Waals surface area contributed by atoms with Crippen LogP contribution >= 0.6 is 0 Å². The third-order valence-corrected chi connectivity index (χ3v) is 2.70. The normalized spacial score (nSPS) is 9.43. The summed E-state index contributed by atoms with van der Waals surface area (Å²) in [7, 11) is 3.13. The zero-order chi connectivity index (χ0) is 15.2. The van der Waals surface area contributed by atoms with Gasteiger partial charge in [-0.1, -0.05) is 5.92 Å². The van der Waals surface area contributed by atoms with E-state index in [2.05, 4.69) is 21.8 Å². The van der Waals surface area contributed by atoms with Crippen LogP contribution in [0.2, 0.25) is 0 Å². The van der Waals surface area contributed by atoms with Crippen LogP contribution in [0.25, 0.3) is 0 Å². The molecule has 0 amide bonds. The lowest BCUT2D eigenvalue weighted by Gasteiger charge is -2.04. The van der Waals surface area contributed by atoms with Gasteiger partial charge in [0.2, 0.25) is 0 Å². The molecule has 0 aliphatic carbocycles. The maximum atomic E-state index is 7.92. The Morgan fingerprint density at radius 1 is 1.19 bits per heavy atom. The van der Waals surface area contributed by atoms with E-state index in [0.717, 1.165) is 0 Å². The number of rotatable bonds is 3. The summed E-state index contributed by atoms with van der Waals surface area (Å²) in [5.41, 5.74) is 6.81. The molecule has 2 rings (SSSR count). The van der Waals surface area contributed by atoms with Crippen LogP contribution in [-0.4, -0.2) is 29.9 Å². The molecule has 0 radical (unpaired) electrons. The molecule has 1 aromatic carbocycles. The van der Waals surface area contributed by atoms with Gasteiger partial charge in [0.25, 0.3) is 0 Å². The van der Waals surface area contributed by atoms with Gasteiger partial charge in [-0.2, -0.15) is 0 Å². The van der Waals surface area contributed by atoms with E-state index >= 15 is 0 Å². The van der Waals surface area contributed by atoms with E-state index in [1.807, 2.05) is 0 Å². The van der Waals surface area contributed by atoms with E-state index in [-0.39, 0.29) is 11.5 Å². The topological polar surface area (TPSA) is 94.1 Å². The van der Waals surface area contributed by atoms with Gasteiger partial charge >= 0.3 is 0 Å². The zero-order valence-corrected chi connectivity index (χ0v) is 11.7. The average molecular weight is 282 g/mol. The van der Waals surface area contributed by atoms with Crippen LogP contribution in [0.4, 0.5) is 5.82 Å². The van der Waals surface area contributed by atoms with Gasteiger partial charge < -0.3 is 15.2 Å². The fraction of sp³-hybridized carbons (Fsp3) is 0.133. The minimum absolute atomic E-state index is 0.0508. The molecular formula is C15H14N4O2. The Morgan fingerprint density at radius 3 is 2.43 bits per heavy atom. The molecule has 0 saturated heterocycles. The number of nitrogen functional groups attached to an aromatic ring is 1. The highest BCUT2D eigenvalue weighted by Crippen LogP contribution is 2.21. The second-order valence-electron chi connectivity index (χ2n) is 4.05. The molecule has 0 aliphatic heterocycles. The van der Waals surface area contributed by atoms with Crippen LogP contribution in [-0.2, 0) is 0 Å². The van der Waals surface area contributed by atoms with E-state index in [1.54, 1.807) is 32.4 Å². The largest absolute Gasteiger partial charge is 0.497 e. The number of nitrogens with one attached hydrogen (secondary N) is 1. The molecule has 0 saturated carbocycles. The first-order chi connectivity index (χ1) is 10.1. The van der Waals surface area contributed by atoms with Crippen molar-refractivity contribution < 1.29 is 9.47 Å². The highest BCUT2D eigenvalue weighted by Gasteiger charge is 2.04. The van der Waals surface area contributed by atoms with Crippen molar-refractivity contribution >= 4 is 11.5 Å². The van der Waals surface area contributed by atoms with Crippen molar-refractivity contribution in [3.05, 3.63) is 41.9 Å². The van der Waals surface area contributed by atoms with Gasteiger partial charge in [0, 0.05) is 17.8 Å². The van der Waals surface area contributed by atoms with Gasteiger partial charge in [0.05, 0.1) is 19.8 Å². The quantitative estimate of drug-likeness (QED) is 0.657. The Morgan fingerprint density at radius 2 is 1.86 bits per heavy atom. The Balaban J connectivity index is 2.31. The fourth-order valence-corrected chi connectivity index (χ4v) is 1.61. The van der Waals surface area contributed by atoms with Gasteiger partial charge in [-0.3, -0.25) is 5.41 Å². The SMILES string of the molecule is COc1cc(C#CC(=N)c2cncnc2N)cc(OC)c1. The molecule has 0 bridgehead atoms. The maximum Gasteiger partial charge on any atom is 0.136 e. The standard InChI is InChI=1S/C15H14N4O2/c1-20-11-5-10(6-12(7-11)21-2)3-4-14(16)13-8-18-9-19-15(13)17/h5-9,16H,1-2H3,(H2,17,18,19). The van der Waals surface area contributed by atoms with Crippen molar-refractivity contribution in [1.29, 1.82) is 5.41 Å². The molecule has 0 unspecified atom stereocenters. The third-order valence-electron chi connectivity index (χ3n) is 2.70. The summed E-state index contributed by atoms with van der Waals surface area (Å²) in [4.78, 5) is 7.66. The number of anilines is 1. The molecule has 0 fully saturated rings. The molecular weight excluding hydrogens is 268 g/mol. The predicted molar refractivity (Wildman–Crippen MR) is 79.7 cm³/mol. The van der Waals surface area contributed by atoms with Crippen molar-refractivity contribution in [3.63, 3.8) is 0 Å². The van der Waals surface area contributed by atoms with Gasteiger partial charge in [-0.15, -0.1) is 0 Å². The third kappa shape index (κ3) is 3.48.